The predicted molar refractivity (Wildman–Crippen MR) is 154 cm³/mol. The average molecular weight is 541 g/mol. The van der Waals surface area contributed by atoms with Crippen LogP contribution in [0, 0.1) is 0 Å². The highest BCUT2D eigenvalue weighted by molar-refractivity contribution is 5.84. The highest BCUT2D eigenvalue weighted by Crippen LogP contribution is 2.32. The van der Waals surface area contributed by atoms with Gasteiger partial charge in [-0.15, -0.1) is 0 Å². The van der Waals surface area contributed by atoms with Crippen LogP contribution < -0.4 is 5.32 Å². The number of aliphatic hydroxyl groups is 1. The first kappa shape index (κ1) is 30.6. The number of likely N-dealkylation sites (N-methyl/N-ethyl adjacent to an activating group) is 1. The molecule has 0 saturated heterocycles. The van der Waals surface area contributed by atoms with E-state index >= 15 is 0 Å². The SMILES string of the molecule is C=C1C(C)=CC(c2nc3cc(CCN[C@H](C(=O)OC(C)(C)C)[C@@H](C)O)ccc3n2C(COC)COC)=CN1C. The predicted octanol–water partition coefficient (Wildman–Crippen LogP) is 3.84. The molecule has 39 heavy (non-hydrogen) atoms. The van der Waals surface area contributed by atoms with Gasteiger partial charge in [0.1, 0.15) is 17.5 Å². The van der Waals surface area contributed by atoms with E-state index in [4.69, 9.17) is 19.2 Å². The van der Waals surface area contributed by atoms with E-state index in [-0.39, 0.29) is 6.04 Å². The fraction of sp³-hybridized carbons (Fsp3) is 0.533. The Morgan fingerprint density at radius 3 is 2.44 bits per heavy atom. The fourth-order valence-electron chi connectivity index (χ4n) is 4.68. The van der Waals surface area contributed by atoms with Crippen molar-refractivity contribution in [1.82, 2.24) is 19.8 Å². The third-order valence-corrected chi connectivity index (χ3v) is 6.60. The molecule has 0 saturated carbocycles. The molecular weight excluding hydrogens is 496 g/mol. The van der Waals surface area contributed by atoms with E-state index in [0.717, 1.165) is 39.3 Å². The van der Waals surface area contributed by atoms with Crippen LogP contribution in [0.4, 0.5) is 0 Å². The zero-order valence-electron chi connectivity index (χ0n) is 24.6. The molecule has 1 aliphatic heterocycles. The average Bonchev–Trinajstić information content (AvgIpc) is 3.22. The maximum atomic E-state index is 12.5. The van der Waals surface area contributed by atoms with Crippen molar-refractivity contribution in [2.75, 3.05) is 41.0 Å². The molecule has 1 aromatic heterocycles. The third-order valence-electron chi connectivity index (χ3n) is 6.60. The molecule has 0 aliphatic carbocycles. The number of hydrogen-bond acceptors (Lipinski definition) is 8. The second-order valence-corrected chi connectivity index (χ2v) is 11.1. The Labute approximate surface area is 232 Å². The minimum atomic E-state index is -0.881. The molecule has 214 valence electrons. The van der Waals surface area contributed by atoms with Crippen LogP contribution in [0.1, 0.15) is 52.0 Å². The smallest absolute Gasteiger partial charge is 0.326 e. The second-order valence-electron chi connectivity index (χ2n) is 11.1. The third kappa shape index (κ3) is 7.57. The number of aromatic nitrogens is 2. The van der Waals surface area contributed by atoms with Gasteiger partial charge in [0, 0.05) is 45.3 Å². The molecular formula is C30H44N4O5. The standard InChI is InChI=1S/C30H44N4O5/c1-19-14-23(16-33(7)20(19)2)28-32-25-15-22(10-11-26(25)34(28)24(17-37-8)18-38-9)12-13-31-27(21(3)35)29(36)39-30(4,5)6/h10-11,14-16,21,24,27,31,35H,2,12-13,17-18H2,1,3-9H3/t21-,27+/m1/s1. The summed E-state index contributed by atoms with van der Waals surface area (Å²) in [5, 5.41) is 13.3. The summed E-state index contributed by atoms with van der Waals surface area (Å²) in [6.45, 7) is 14.7. The Kier molecular flexibility index (Phi) is 10.1. The number of methoxy groups -OCH3 is 2. The Morgan fingerprint density at radius 1 is 1.21 bits per heavy atom. The molecule has 9 heteroatoms. The number of carbonyl (C=O) groups excluding carboxylic acids is 1. The van der Waals surface area contributed by atoms with Gasteiger partial charge in [0.25, 0.3) is 0 Å². The van der Waals surface area contributed by atoms with Gasteiger partial charge in [-0.25, -0.2) is 4.98 Å². The van der Waals surface area contributed by atoms with Crippen LogP contribution in [0.25, 0.3) is 16.6 Å². The van der Waals surface area contributed by atoms with Gasteiger partial charge in [0.2, 0.25) is 0 Å². The summed E-state index contributed by atoms with van der Waals surface area (Å²) in [7, 11) is 5.36. The fourth-order valence-corrected chi connectivity index (χ4v) is 4.68. The summed E-state index contributed by atoms with van der Waals surface area (Å²) in [6, 6.07) is 5.34. The Morgan fingerprint density at radius 2 is 1.87 bits per heavy atom. The van der Waals surface area contributed by atoms with Gasteiger partial charge < -0.3 is 34.1 Å². The molecule has 1 aliphatic rings. The van der Waals surface area contributed by atoms with Gasteiger partial charge in [-0.2, -0.15) is 0 Å². The molecule has 2 aromatic rings. The Balaban J connectivity index is 1.92. The molecule has 0 amide bonds. The molecule has 0 spiro atoms. The number of nitrogens with zero attached hydrogens (tertiary/aromatic N) is 3. The number of rotatable bonds is 12. The van der Waals surface area contributed by atoms with Crippen molar-refractivity contribution in [3.63, 3.8) is 0 Å². The van der Waals surface area contributed by atoms with Crippen molar-refractivity contribution in [1.29, 1.82) is 0 Å². The van der Waals surface area contributed by atoms with E-state index in [1.54, 1.807) is 21.1 Å². The normalized spacial score (nSPS) is 15.9. The van der Waals surface area contributed by atoms with E-state index in [0.29, 0.717) is 26.2 Å². The molecule has 1 aromatic carbocycles. The van der Waals surface area contributed by atoms with Crippen LogP contribution >= 0.6 is 0 Å². The molecule has 0 bridgehead atoms. The summed E-state index contributed by atoms with van der Waals surface area (Å²) >= 11 is 0. The minimum absolute atomic E-state index is 0.0711. The molecule has 2 atom stereocenters. The number of benzene rings is 1. The van der Waals surface area contributed by atoms with Crippen LogP contribution in [-0.4, -0.2) is 84.3 Å². The van der Waals surface area contributed by atoms with Crippen LogP contribution in [0.3, 0.4) is 0 Å². The number of imidazole rings is 1. The zero-order chi connectivity index (χ0) is 28.9. The highest BCUT2D eigenvalue weighted by atomic mass is 16.6. The van der Waals surface area contributed by atoms with Crippen molar-refractivity contribution in [3.05, 3.63) is 59.7 Å². The van der Waals surface area contributed by atoms with E-state index in [9.17, 15) is 9.90 Å². The molecule has 2 N–H and O–H groups in total. The van der Waals surface area contributed by atoms with Gasteiger partial charge in [-0.05, 0) is 70.4 Å². The molecule has 0 fully saturated rings. The monoisotopic (exact) mass is 540 g/mol. The number of hydrogen-bond donors (Lipinski definition) is 2. The number of fused-ring (bicyclic) bond motifs is 1. The lowest BCUT2D eigenvalue weighted by Gasteiger charge is -2.26. The number of esters is 1. The maximum Gasteiger partial charge on any atom is 0.326 e. The zero-order valence-corrected chi connectivity index (χ0v) is 24.6. The van der Waals surface area contributed by atoms with E-state index < -0.39 is 23.7 Å². The van der Waals surface area contributed by atoms with Gasteiger partial charge in [0.15, 0.2) is 0 Å². The molecule has 0 radical (unpaired) electrons. The summed E-state index contributed by atoms with van der Waals surface area (Å²) in [5.41, 5.74) is 5.28. The molecule has 2 heterocycles. The minimum Gasteiger partial charge on any atom is -0.459 e. The van der Waals surface area contributed by atoms with Crippen molar-refractivity contribution in [3.8, 4) is 0 Å². The van der Waals surface area contributed by atoms with Crippen molar-refractivity contribution in [2.45, 2.75) is 64.8 Å². The molecule has 9 nitrogen and oxygen atoms in total. The van der Waals surface area contributed by atoms with Crippen LogP contribution in [0.15, 0.2) is 48.3 Å². The van der Waals surface area contributed by atoms with Gasteiger partial charge in [0.05, 0.1) is 36.4 Å². The van der Waals surface area contributed by atoms with Gasteiger partial charge >= 0.3 is 5.97 Å². The summed E-state index contributed by atoms with van der Waals surface area (Å²) in [6.07, 6.45) is 3.91. The maximum absolute atomic E-state index is 12.5. The number of aliphatic hydroxyl groups excluding tert-OH is 1. The van der Waals surface area contributed by atoms with E-state index in [1.165, 1.54) is 0 Å². The summed E-state index contributed by atoms with van der Waals surface area (Å²) in [4.78, 5) is 19.6. The Bertz CT molecular complexity index is 1230. The largest absolute Gasteiger partial charge is 0.459 e. The Hall–Kier alpha value is -2.98. The lowest BCUT2D eigenvalue weighted by atomic mass is 10.1. The van der Waals surface area contributed by atoms with Crippen molar-refractivity contribution >= 4 is 22.6 Å². The lowest BCUT2D eigenvalue weighted by Crippen LogP contribution is -2.48. The summed E-state index contributed by atoms with van der Waals surface area (Å²) < 4.78 is 18.7. The first-order valence-electron chi connectivity index (χ1n) is 13.3. The molecule has 0 unspecified atom stereocenters. The number of allylic oxidation sites excluding steroid dienone is 3. The van der Waals surface area contributed by atoms with Gasteiger partial charge in [-0.1, -0.05) is 12.6 Å². The first-order valence-corrected chi connectivity index (χ1v) is 13.3. The second kappa shape index (κ2) is 12.9. The van der Waals surface area contributed by atoms with Crippen LogP contribution in [0.2, 0.25) is 0 Å². The number of nitrogens with one attached hydrogen (secondary N) is 1. The van der Waals surface area contributed by atoms with Crippen LogP contribution in [-0.2, 0) is 25.4 Å². The molecule has 3 rings (SSSR count). The highest BCUT2D eigenvalue weighted by Gasteiger charge is 2.28. The summed E-state index contributed by atoms with van der Waals surface area (Å²) in [5.74, 6) is 0.368. The number of carbonyl (C=O) groups is 1. The first-order chi connectivity index (χ1) is 18.4. The van der Waals surface area contributed by atoms with Crippen LogP contribution in [0.5, 0.6) is 0 Å². The quantitative estimate of drug-likeness (QED) is 0.392. The van der Waals surface area contributed by atoms with Crippen molar-refractivity contribution in [2.24, 2.45) is 0 Å². The van der Waals surface area contributed by atoms with Crippen molar-refractivity contribution < 1.29 is 24.1 Å². The van der Waals surface area contributed by atoms with Gasteiger partial charge in [-0.3, -0.25) is 4.79 Å². The van der Waals surface area contributed by atoms with E-state index in [1.807, 2.05) is 45.8 Å². The lowest BCUT2D eigenvalue weighted by molar-refractivity contribution is -0.160. The topological polar surface area (TPSA) is 98.1 Å². The number of ether oxygens (including phenoxy) is 3. The van der Waals surface area contributed by atoms with E-state index in [2.05, 4.69) is 40.7 Å².